The molecule has 2 aromatic carbocycles. The molecule has 0 amide bonds. The van der Waals surface area contributed by atoms with E-state index in [1.54, 1.807) is 39.0 Å². The summed E-state index contributed by atoms with van der Waals surface area (Å²) in [6.45, 7) is 5.15. The van der Waals surface area contributed by atoms with E-state index in [1.165, 1.54) is 13.2 Å². The zero-order valence-electron chi connectivity index (χ0n) is 17.6. The number of alkyl halides is 3. The summed E-state index contributed by atoms with van der Waals surface area (Å²) in [5.74, 6) is 1.80. The van der Waals surface area contributed by atoms with Gasteiger partial charge in [0, 0.05) is 17.5 Å². The van der Waals surface area contributed by atoms with Gasteiger partial charge in [-0.2, -0.15) is 13.2 Å². The Morgan fingerprint density at radius 2 is 1.84 bits per heavy atom. The van der Waals surface area contributed by atoms with Crippen LogP contribution in [0.25, 0.3) is 10.9 Å². The third kappa shape index (κ3) is 5.35. The van der Waals surface area contributed by atoms with Crippen molar-refractivity contribution in [3.05, 3.63) is 53.3 Å². The van der Waals surface area contributed by atoms with Crippen LogP contribution < -0.4 is 14.8 Å². The first kappa shape index (κ1) is 22.6. The van der Waals surface area contributed by atoms with Crippen molar-refractivity contribution in [2.45, 2.75) is 39.1 Å². The summed E-state index contributed by atoms with van der Waals surface area (Å²) in [7, 11) is 1.50. The molecular formula is C22H24F3N3O3. The Balaban J connectivity index is 2.00. The van der Waals surface area contributed by atoms with E-state index in [2.05, 4.69) is 15.3 Å². The number of methoxy groups -OCH3 is 1. The highest BCUT2D eigenvalue weighted by Crippen LogP contribution is 2.36. The van der Waals surface area contributed by atoms with E-state index in [9.17, 15) is 18.3 Å². The molecule has 3 rings (SSSR count). The molecule has 0 saturated heterocycles. The molecule has 1 aromatic heterocycles. The molecule has 3 aromatic rings. The first-order chi connectivity index (χ1) is 14.6. The van der Waals surface area contributed by atoms with Gasteiger partial charge in [-0.3, -0.25) is 0 Å². The predicted octanol–water partition coefficient (Wildman–Crippen LogP) is 4.90. The number of ether oxygens (including phenoxy) is 2. The van der Waals surface area contributed by atoms with Gasteiger partial charge in [-0.1, -0.05) is 12.1 Å². The molecule has 6 nitrogen and oxygen atoms in total. The van der Waals surface area contributed by atoms with Crippen molar-refractivity contribution in [3.8, 4) is 11.5 Å². The number of rotatable bonds is 7. The summed E-state index contributed by atoms with van der Waals surface area (Å²) in [5, 5.41) is 13.3. The Bertz CT molecular complexity index is 1070. The number of aliphatic hydroxyl groups is 1. The van der Waals surface area contributed by atoms with Gasteiger partial charge in [0.05, 0.1) is 24.3 Å². The third-order valence-corrected chi connectivity index (χ3v) is 4.64. The number of halogens is 3. The summed E-state index contributed by atoms with van der Waals surface area (Å²) >= 11 is 0. The monoisotopic (exact) mass is 435 g/mol. The van der Waals surface area contributed by atoms with Crippen LogP contribution in [0.1, 0.15) is 36.8 Å². The summed E-state index contributed by atoms with van der Waals surface area (Å²) in [6.07, 6.45) is -5.09. The fourth-order valence-electron chi connectivity index (χ4n) is 3.12. The van der Waals surface area contributed by atoms with Crippen LogP contribution in [0.15, 0.2) is 36.4 Å². The highest BCUT2D eigenvalue weighted by atomic mass is 19.4. The predicted molar refractivity (Wildman–Crippen MR) is 111 cm³/mol. The van der Waals surface area contributed by atoms with Crippen LogP contribution in [0.5, 0.6) is 11.5 Å². The lowest BCUT2D eigenvalue weighted by molar-refractivity contribution is -0.137. The molecule has 9 heteroatoms. The molecule has 0 aliphatic rings. The van der Waals surface area contributed by atoms with Gasteiger partial charge < -0.3 is 19.9 Å². The first-order valence-corrected chi connectivity index (χ1v) is 9.69. The number of aliphatic hydroxyl groups excluding tert-OH is 1. The second kappa shape index (κ2) is 8.97. The van der Waals surface area contributed by atoms with E-state index < -0.39 is 23.9 Å². The first-order valence-electron chi connectivity index (χ1n) is 9.69. The van der Waals surface area contributed by atoms with Gasteiger partial charge in [0.15, 0.2) is 11.5 Å². The van der Waals surface area contributed by atoms with Crippen molar-refractivity contribution >= 4 is 16.7 Å². The van der Waals surface area contributed by atoms with Gasteiger partial charge in [0.25, 0.3) is 0 Å². The van der Waals surface area contributed by atoms with Crippen LogP contribution in [0.2, 0.25) is 0 Å². The minimum atomic E-state index is -4.42. The lowest BCUT2D eigenvalue weighted by atomic mass is 10.0. The number of hydrogen-bond donors (Lipinski definition) is 2. The molecule has 0 spiro atoms. The van der Waals surface area contributed by atoms with Crippen molar-refractivity contribution in [3.63, 3.8) is 0 Å². The third-order valence-electron chi connectivity index (χ3n) is 4.64. The number of nitrogens with one attached hydrogen (secondary N) is 1. The van der Waals surface area contributed by atoms with Crippen molar-refractivity contribution in [2.24, 2.45) is 0 Å². The van der Waals surface area contributed by atoms with E-state index in [4.69, 9.17) is 9.47 Å². The lowest BCUT2D eigenvalue weighted by Crippen LogP contribution is -2.14. The van der Waals surface area contributed by atoms with Crippen molar-refractivity contribution in [1.29, 1.82) is 0 Å². The van der Waals surface area contributed by atoms with E-state index in [-0.39, 0.29) is 6.61 Å². The Morgan fingerprint density at radius 3 is 2.48 bits per heavy atom. The number of aromatic nitrogens is 2. The Labute approximate surface area is 178 Å². The molecule has 0 saturated carbocycles. The number of fused-ring (bicyclic) bond motifs is 1. The quantitative estimate of drug-likeness (QED) is 0.550. The number of nitrogens with zero attached hydrogens (tertiary/aromatic N) is 2. The zero-order valence-corrected chi connectivity index (χ0v) is 17.6. The largest absolute Gasteiger partial charge is 0.493 e. The van der Waals surface area contributed by atoms with Crippen LogP contribution in [0, 0.1) is 6.92 Å². The second-order valence-corrected chi connectivity index (χ2v) is 7.29. The fourth-order valence-corrected chi connectivity index (χ4v) is 3.12. The van der Waals surface area contributed by atoms with Gasteiger partial charge in [-0.25, -0.2) is 9.97 Å². The zero-order chi connectivity index (χ0) is 22.8. The second-order valence-electron chi connectivity index (χ2n) is 7.29. The molecular weight excluding hydrogens is 411 g/mol. The molecule has 31 heavy (non-hydrogen) atoms. The Hall–Kier alpha value is -3.07. The van der Waals surface area contributed by atoms with Crippen molar-refractivity contribution in [1.82, 2.24) is 9.97 Å². The SMILES string of the molecule is COc1cc2nc(C)nc(N[C@H](C)c3cccc(C(F)(F)F)c3)c2cc1OCC(C)O. The molecule has 1 heterocycles. The molecule has 0 fully saturated rings. The van der Waals surface area contributed by atoms with Crippen LogP contribution in [0.3, 0.4) is 0 Å². The average molecular weight is 435 g/mol. The van der Waals surface area contributed by atoms with Crippen LogP contribution in [0.4, 0.5) is 19.0 Å². The normalized spacial score (nSPS) is 13.7. The average Bonchev–Trinajstić information content (AvgIpc) is 2.71. The number of aryl methyl sites for hydroxylation is 1. The van der Waals surface area contributed by atoms with Gasteiger partial charge >= 0.3 is 6.18 Å². The smallest absolute Gasteiger partial charge is 0.416 e. The molecule has 0 aliphatic carbocycles. The van der Waals surface area contributed by atoms with E-state index in [0.717, 1.165) is 12.1 Å². The Morgan fingerprint density at radius 1 is 1.10 bits per heavy atom. The van der Waals surface area contributed by atoms with E-state index >= 15 is 0 Å². The van der Waals surface area contributed by atoms with Gasteiger partial charge in [0.1, 0.15) is 18.2 Å². The topological polar surface area (TPSA) is 76.5 Å². The van der Waals surface area contributed by atoms with E-state index in [0.29, 0.717) is 39.6 Å². The van der Waals surface area contributed by atoms with Crippen LogP contribution >= 0.6 is 0 Å². The molecule has 2 N–H and O–H groups in total. The van der Waals surface area contributed by atoms with Crippen LogP contribution in [-0.2, 0) is 6.18 Å². The highest BCUT2D eigenvalue weighted by molar-refractivity contribution is 5.92. The number of anilines is 1. The van der Waals surface area contributed by atoms with Crippen LogP contribution in [-0.4, -0.2) is 34.9 Å². The molecule has 1 unspecified atom stereocenters. The van der Waals surface area contributed by atoms with Gasteiger partial charge in [-0.05, 0) is 44.5 Å². The summed E-state index contributed by atoms with van der Waals surface area (Å²) in [4.78, 5) is 8.86. The molecule has 2 atom stereocenters. The standard InChI is InChI=1S/C22H24F3N3O3/c1-12(29)11-31-20-9-17-18(10-19(20)30-4)27-14(3)28-21(17)26-13(2)15-6-5-7-16(8-15)22(23,24)25/h5-10,12-13,29H,11H2,1-4H3,(H,26,27,28)/t12?,13-/m1/s1. The summed E-state index contributed by atoms with van der Waals surface area (Å²) < 4.78 is 50.2. The fraction of sp³-hybridized carbons (Fsp3) is 0.364. The maximum atomic E-state index is 13.1. The number of benzene rings is 2. The number of hydrogen-bond acceptors (Lipinski definition) is 6. The maximum absolute atomic E-state index is 13.1. The molecule has 0 radical (unpaired) electrons. The minimum Gasteiger partial charge on any atom is -0.493 e. The molecule has 0 bridgehead atoms. The minimum absolute atomic E-state index is 0.0674. The highest BCUT2D eigenvalue weighted by Gasteiger charge is 2.30. The molecule has 166 valence electrons. The van der Waals surface area contributed by atoms with Crippen molar-refractivity contribution in [2.75, 3.05) is 19.0 Å². The molecule has 0 aliphatic heterocycles. The summed E-state index contributed by atoms with van der Waals surface area (Å²) in [5.41, 5.74) is 0.353. The maximum Gasteiger partial charge on any atom is 0.416 e. The van der Waals surface area contributed by atoms with Gasteiger partial charge in [0.2, 0.25) is 0 Å². The summed E-state index contributed by atoms with van der Waals surface area (Å²) in [6, 6.07) is 8.10. The van der Waals surface area contributed by atoms with E-state index in [1.807, 2.05) is 0 Å². The van der Waals surface area contributed by atoms with Gasteiger partial charge in [-0.15, -0.1) is 0 Å². The lowest BCUT2D eigenvalue weighted by Gasteiger charge is -2.19. The van der Waals surface area contributed by atoms with Crippen molar-refractivity contribution < 1.29 is 27.8 Å². The Kier molecular flexibility index (Phi) is 6.54.